The maximum Gasteiger partial charge on any atom is 0.161 e. The number of aromatic nitrogens is 2. The summed E-state index contributed by atoms with van der Waals surface area (Å²) in [7, 11) is 0. The van der Waals surface area contributed by atoms with E-state index in [1.165, 1.54) is 0 Å². The van der Waals surface area contributed by atoms with Gasteiger partial charge in [0.05, 0.1) is 0 Å². The SMILES string of the molecule is Brc1nc(-c2ccccc2)nc(Br)c1-c1ccccc1. The summed E-state index contributed by atoms with van der Waals surface area (Å²) in [6, 6.07) is 20.0. The number of nitrogens with zero attached hydrogens (tertiary/aromatic N) is 2. The molecule has 1 aromatic heterocycles. The van der Waals surface area contributed by atoms with Gasteiger partial charge in [-0.05, 0) is 37.4 Å². The van der Waals surface area contributed by atoms with Crippen molar-refractivity contribution in [2.24, 2.45) is 0 Å². The summed E-state index contributed by atoms with van der Waals surface area (Å²) in [5.41, 5.74) is 3.03. The second-order valence-electron chi connectivity index (χ2n) is 4.24. The van der Waals surface area contributed by atoms with Crippen molar-refractivity contribution in [3.05, 3.63) is 69.9 Å². The highest BCUT2D eigenvalue weighted by atomic mass is 79.9. The predicted octanol–water partition coefficient (Wildman–Crippen LogP) is 5.34. The van der Waals surface area contributed by atoms with Gasteiger partial charge < -0.3 is 0 Å². The van der Waals surface area contributed by atoms with Crippen LogP contribution in [0, 0.1) is 0 Å². The van der Waals surface area contributed by atoms with Crippen LogP contribution in [0.25, 0.3) is 22.5 Å². The minimum Gasteiger partial charge on any atom is -0.220 e. The van der Waals surface area contributed by atoms with Crippen LogP contribution in [0.1, 0.15) is 0 Å². The van der Waals surface area contributed by atoms with Crippen molar-refractivity contribution >= 4 is 31.9 Å². The summed E-state index contributed by atoms with van der Waals surface area (Å²) in [6.45, 7) is 0. The summed E-state index contributed by atoms with van der Waals surface area (Å²) in [6.07, 6.45) is 0. The van der Waals surface area contributed by atoms with Gasteiger partial charge in [-0.25, -0.2) is 9.97 Å². The van der Waals surface area contributed by atoms with Crippen molar-refractivity contribution < 1.29 is 0 Å². The molecule has 2 aromatic carbocycles. The first-order valence-electron chi connectivity index (χ1n) is 6.09. The molecule has 98 valence electrons. The van der Waals surface area contributed by atoms with Crippen LogP contribution in [0.15, 0.2) is 69.9 Å². The first kappa shape index (κ1) is 13.5. The van der Waals surface area contributed by atoms with Gasteiger partial charge in [0.2, 0.25) is 0 Å². The summed E-state index contributed by atoms with van der Waals surface area (Å²) in [5, 5.41) is 0. The largest absolute Gasteiger partial charge is 0.220 e. The summed E-state index contributed by atoms with van der Waals surface area (Å²) in [5.74, 6) is 0.698. The molecule has 4 heteroatoms. The fourth-order valence-corrected chi connectivity index (χ4v) is 3.40. The molecule has 0 unspecified atom stereocenters. The van der Waals surface area contributed by atoms with E-state index in [4.69, 9.17) is 0 Å². The molecule has 3 rings (SSSR count). The zero-order chi connectivity index (χ0) is 13.9. The third-order valence-corrected chi connectivity index (χ3v) is 4.06. The van der Waals surface area contributed by atoms with E-state index < -0.39 is 0 Å². The topological polar surface area (TPSA) is 25.8 Å². The highest BCUT2D eigenvalue weighted by Gasteiger charge is 2.13. The highest BCUT2D eigenvalue weighted by molar-refractivity contribution is 9.11. The number of hydrogen-bond donors (Lipinski definition) is 0. The van der Waals surface area contributed by atoms with Crippen LogP contribution in [-0.2, 0) is 0 Å². The van der Waals surface area contributed by atoms with Crippen molar-refractivity contribution in [2.75, 3.05) is 0 Å². The van der Waals surface area contributed by atoms with Gasteiger partial charge >= 0.3 is 0 Å². The molecule has 0 atom stereocenters. The molecule has 0 saturated carbocycles. The van der Waals surface area contributed by atoms with E-state index in [1.54, 1.807) is 0 Å². The monoisotopic (exact) mass is 388 g/mol. The average molecular weight is 390 g/mol. The molecule has 0 fully saturated rings. The zero-order valence-corrected chi connectivity index (χ0v) is 13.6. The molecule has 0 aliphatic carbocycles. The van der Waals surface area contributed by atoms with Crippen LogP contribution >= 0.6 is 31.9 Å². The van der Waals surface area contributed by atoms with Gasteiger partial charge in [-0.15, -0.1) is 0 Å². The van der Waals surface area contributed by atoms with Gasteiger partial charge in [-0.3, -0.25) is 0 Å². The van der Waals surface area contributed by atoms with Crippen LogP contribution in [-0.4, -0.2) is 9.97 Å². The minimum absolute atomic E-state index is 0.698. The van der Waals surface area contributed by atoms with E-state index in [0.717, 1.165) is 25.9 Å². The maximum absolute atomic E-state index is 4.56. The van der Waals surface area contributed by atoms with Crippen molar-refractivity contribution in [1.29, 1.82) is 0 Å². The Morgan fingerprint density at radius 2 is 1.05 bits per heavy atom. The van der Waals surface area contributed by atoms with E-state index in [-0.39, 0.29) is 0 Å². The van der Waals surface area contributed by atoms with Crippen molar-refractivity contribution in [3.63, 3.8) is 0 Å². The standard InChI is InChI=1S/C16H10Br2N2/c17-14-13(11-7-3-1-4-8-11)15(18)20-16(19-14)12-9-5-2-6-10-12/h1-10H. The Kier molecular flexibility index (Phi) is 3.94. The molecule has 0 amide bonds. The Balaban J connectivity index is 2.13. The lowest BCUT2D eigenvalue weighted by Crippen LogP contribution is -1.94. The Morgan fingerprint density at radius 3 is 1.55 bits per heavy atom. The molecule has 0 aliphatic rings. The molecular weight excluding hydrogens is 380 g/mol. The molecule has 2 nitrogen and oxygen atoms in total. The number of halogens is 2. The molecule has 0 aliphatic heterocycles. The Morgan fingerprint density at radius 1 is 0.600 bits per heavy atom. The van der Waals surface area contributed by atoms with Crippen molar-refractivity contribution in [2.45, 2.75) is 0 Å². The molecular formula is C16H10Br2N2. The number of hydrogen-bond acceptors (Lipinski definition) is 2. The van der Waals surface area contributed by atoms with Crippen LogP contribution in [0.4, 0.5) is 0 Å². The van der Waals surface area contributed by atoms with Gasteiger partial charge in [0.25, 0.3) is 0 Å². The first-order valence-corrected chi connectivity index (χ1v) is 7.68. The molecule has 0 radical (unpaired) electrons. The normalized spacial score (nSPS) is 10.5. The van der Waals surface area contributed by atoms with Crippen LogP contribution in [0.5, 0.6) is 0 Å². The molecule has 0 spiro atoms. The maximum atomic E-state index is 4.56. The molecule has 0 bridgehead atoms. The minimum atomic E-state index is 0.698. The van der Waals surface area contributed by atoms with E-state index in [2.05, 4.69) is 41.8 Å². The van der Waals surface area contributed by atoms with E-state index in [1.807, 2.05) is 60.7 Å². The van der Waals surface area contributed by atoms with Gasteiger partial charge in [0.1, 0.15) is 9.21 Å². The lowest BCUT2D eigenvalue weighted by Gasteiger charge is -2.09. The molecule has 3 aromatic rings. The molecule has 0 N–H and O–H groups in total. The summed E-state index contributed by atoms with van der Waals surface area (Å²) < 4.78 is 1.56. The third kappa shape index (κ3) is 2.67. The third-order valence-electron chi connectivity index (χ3n) is 2.92. The smallest absolute Gasteiger partial charge is 0.161 e. The predicted molar refractivity (Wildman–Crippen MR) is 88.3 cm³/mol. The lowest BCUT2D eigenvalue weighted by atomic mass is 10.1. The second kappa shape index (κ2) is 5.85. The van der Waals surface area contributed by atoms with Gasteiger partial charge in [-0.2, -0.15) is 0 Å². The summed E-state index contributed by atoms with van der Waals surface area (Å²) >= 11 is 7.10. The molecule has 1 heterocycles. The van der Waals surface area contributed by atoms with Crippen molar-refractivity contribution in [3.8, 4) is 22.5 Å². The molecule has 20 heavy (non-hydrogen) atoms. The average Bonchev–Trinajstić information content (AvgIpc) is 2.48. The second-order valence-corrected chi connectivity index (χ2v) is 5.74. The van der Waals surface area contributed by atoms with E-state index in [9.17, 15) is 0 Å². The van der Waals surface area contributed by atoms with Crippen LogP contribution < -0.4 is 0 Å². The van der Waals surface area contributed by atoms with Crippen molar-refractivity contribution in [1.82, 2.24) is 9.97 Å². The fourth-order valence-electron chi connectivity index (χ4n) is 1.97. The zero-order valence-electron chi connectivity index (χ0n) is 10.4. The van der Waals surface area contributed by atoms with Gasteiger partial charge in [0, 0.05) is 11.1 Å². The summed E-state index contributed by atoms with van der Waals surface area (Å²) in [4.78, 5) is 9.11. The lowest BCUT2D eigenvalue weighted by molar-refractivity contribution is 1.13. The fraction of sp³-hybridized carbons (Fsp3) is 0. The van der Waals surface area contributed by atoms with Crippen LogP contribution in [0.3, 0.4) is 0 Å². The van der Waals surface area contributed by atoms with E-state index >= 15 is 0 Å². The van der Waals surface area contributed by atoms with Gasteiger partial charge in [0.15, 0.2) is 5.82 Å². The Labute approximate surface area is 134 Å². The Hall–Kier alpha value is -1.52. The highest BCUT2D eigenvalue weighted by Crippen LogP contribution is 2.34. The number of rotatable bonds is 2. The quantitative estimate of drug-likeness (QED) is 0.553. The number of benzene rings is 2. The van der Waals surface area contributed by atoms with Gasteiger partial charge in [-0.1, -0.05) is 60.7 Å². The molecule has 0 saturated heterocycles. The Bertz CT molecular complexity index is 705. The van der Waals surface area contributed by atoms with E-state index in [0.29, 0.717) is 5.82 Å². The van der Waals surface area contributed by atoms with Crippen LogP contribution in [0.2, 0.25) is 0 Å². The first-order chi connectivity index (χ1) is 9.75.